The normalized spacial score (nSPS) is 21.1. The highest BCUT2D eigenvalue weighted by atomic mass is 19.1. The van der Waals surface area contributed by atoms with Gasteiger partial charge in [0.15, 0.2) is 0 Å². The van der Waals surface area contributed by atoms with Crippen molar-refractivity contribution < 1.29 is 13.9 Å². The molecule has 142 valence electrons. The molecular formula is C23H26FNO2. The molecular weight excluding hydrogens is 341 g/mol. The van der Waals surface area contributed by atoms with Crippen LogP contribution >= 0.6 is 0 Å². The fraction of sp³-hybridized carbons (Fsp3) is 0.391. The smallest absolute Gasteiger partial charge is 0.339 e. The second-order valence-electron chi connectivity index (χ2n) is 7.17. The maximum absolute atomic E-state index is 13.6. The van der Waals surface area contributed by atoms with E-state index < -0.39 is 11.8 Å². The number of benzene rings is 1. The zero-order valence-corrected chi connectivity index (χ0v) is 16.0. The first-order valence-corrected chi connectivity index (χ1v) is 9.37. The van der Waals surface area contributed by atoms with Gasteiger partial charge in [0.05, 0.1) is 5.56 Å². The van der Waals surface area contributed by atoms with Crippen LogP contribution in [0.2, 0.25) is 0 Å². The molecule has 0 aliphatic heterocycles. The number of rotatable bonds is 5. The van der Waals surface area contributed by atoms with Gasteiger partial charge in [0, 0.05) is 11.6 Å². The molecule has 0 N–H and O–H groups in total. The molecule has 27 heavy (non-hydrogen) atoms. The molecule has 3 nitrogen and oxygen atoms in total. The van der Waals surface area contributed by atoms with Crippen molar-refractivity contribution in [1.29, 1.82) is 5.26 Å². The first-order chi connectivity index (χ1) is 12.9. The number of hydrogen-bond donors (Lipinski definition) is 0. The summed E-state index contributed by atoms with van der Waals surface area (Å²) in [7, 11) is 0. The Morgan fingerprint density at radius 3 is 2.74 bits per heavy atom. The van der Waals surface area contributed by atoms with Gasteiger partial charge in [-0.25, -0.2) is 9.18 Å². The number of hydrogen-bond acceptors (Lipinski definition) is 3. The van der Waals surface area contributed by atoms with Gasteiger partial charge >= 0.3 is 5.97 Å². The Labute approximate surface area is 160 Å². The molecule has 1 aliphatic rings. The van der Waals surface area contributed by atoms with Crippen LogP contribution in [-0.2, 0) is 4.79 Å². The van der Waals surface area contributed by atoms with Crippen molar-refractivity contribution in [1.82, 2.24) is 0 Å². The standard InChI is InChI=1S/C23H26FNO2/c1-4-18(19-7-5-6-16(2)8-10-19)11-9-17(3)23(26)27-21-13-12-20(15-25)22(24)14-21/h4,9,11-14,16,19H,1,5-8,10H2,2-3H3/b17-9+,18-11+. The predicted octanol–water partition coefficient (Wildman–Crippen LogP) is 5.88. The third kappa shape index (κ3) is 5.92. The highest BCUT2D eigenvalue weighted by molar-refractivity contribution is 5.89. The van der Waals surface area contributed by atoms with E-state index in [0.29, 0.717) is 11.5 Å². The van der Waals surface area contributed by atoms with Crippen molar-refractivity contribution >= 4 is 5.97 Å². The summed E-state index contributed by atoms with van der Waals surface area (Å²) in [5.74, 6) is 0.0605. The SMILES string of the molecule is C=C/C(=C\C=C(/C)C(=O)Oc1ccc(C#N)c(F)c1)C1CCCC(C)CC1. The van der Waals surface area contributed by atoms with Crippen LogP contribution in [0.25, 0.3) is 0 Å². The average Bonchev–Trinajstić information content (AvgIpc) is 2.87. The number of nitrogens with zero attached hydrogens (tertiary/aromatic N) is 1. The first kappa shape index (κ1) is 20.6. The predicted molar refractivity (Wildman–Crippen MR) is 105 cm³/mol. The maximum atomic E-state index is 13.6. The Balaban J connectivity index is 2.06. The average molecular weight is 367 g/mol. The number of esters is 1. The van der Waals surface area contributed by atoms with E-state index in [2.05, 4.69) is 13.5 Å². The maximum Gasteiger partial charge on any atom is 0.339 e. The Kier molecular flexibility index (Phi) is 7.55. The van der Waals surface area contributed by atoms with Crippen molar-refractivity contribution in [2.45, 2.75) is 46.0 Å². The number of ether oxygens (including phenoxy) is 1. The van der Waals surface area contributed by atoms with Crippen molar-refractivity contribution in [3.8, 4) is 11.8 Å². The Hall–Kier alpha value is -2.67. The Morgan fingerprint density at radius 2 is 2.07 bits per heavy atom. The van der Waals surface area contributed by atoms with Crippen LogP contribution in [0, 0.1) is 29.0 Å². The largest absolute Gasteiger partial charge is 0.423 e. The molecule has 1 fully saturated rings. The number of allylic oxidation sites excluding steroid dienone is 4. The molecule has 2 unspecified atom stereocenters. The molecule has 2 atom stereocenters. The molecule has 1 aromatic carbocycles. The van der Waals surface area contributed by atoms with Gasteiger partial charge in [-0.1, -0.05) is 51.0 Å². The topological polar surface area (TPSA) is 50.1 Å². The van der Waals surface area contributed by atoms with E-state index in [-0.39, 0.29) is 11.3 Å². The van der Waals surface area contributed by atoms with E-state index in [9.17, 15) is 9.18 Å². The molecule has 1 saturated carbocycles. The summed E-state index contributed by atoms with van der Waals surface area (Å²) >= 11 is 0. The van der Waals surface area contributed by atoms with Crippen LogP contribution in [0.1, 0.15) is 51.5 Å². The molecule has 0 spiro atoms. The molecule has 0 amide bonds. The summed E-state index contributed by atoms with van der Waals surface area (Å²) in [6.07, 6.45) is 11.5. The van der Waals surface area contributed by atoms with E-state index in [0.717, 1.165) is 30.4 Å². The lowest BCUT2D eigenvalue weighted by Gasteiger charge is -2.15. The second-order valence-corrected chi connectivity index (χ2v) is 7.17. The zero-order chi connectivity index (χ0) is 19.8. The zero-order valence-electron chi connectivity index (χ0n) is 16.0. The molecule has 2 rings (SSSR count). The van der Waals surface area contributed by atoms with Crippen LogP contribution in [0.5, 0.6) is 5.75 Å². The van der Waals surface area contributed by atoms with Gasteiger partial charge in [-0.2, -0.15) is 5.26 Å². The number of nitriles is 1. The molecule has 1 aliphatic carbocycles. The minimum absolute atomic E-state index is 0.0786. The fourth-order valence-electron chi connectivity index (χ4n) is 3.32. The van der Waals surface area contributed by atoms with Gasteiger partial charge in [-0.15, -0.1) is 0 Å². The van der Waals surface area contributed by atoms with E-state index in [1.54, 1.807) is 19.1 Å². The monoisotopic (exact) mass is 367 g/mol. The number of halogens is 1. The molecule has 0 bridgehead atoms. The van der Waals surface area contributed by atoms with Crippen molar-refractivity contribution in [3.05, 3.63) is 65.5 Å². The van der Waals surface area contributed by atoms with Crippen LogP contribution in [0.4, 0.5) is 4.39 Å². The second kappa shape index (κ2) is 9.87. The van der Waals surface area contributed by atoms with Crippen LogP contribution < -0.4 is 4.74 Å². The van der Waals surface area contributed by atoms with Crippen molar-refractivity contribution in [3.63, 3.8) is 0 Å². The van der Waals surface area contributed by atoms with Crippen LogP contribution in [0.3, 0.4) is 0 Å². The van der Waals surface area contributed by atoms with Gasteiger partial charge in [0.2, 0.25) is 0 Å². The molecule has 0 aromatic heterocycles. The molecule has 0 saturated heterocycles. The van der Waals surface area contributed by atoms with Gasteiger partial charge in [-0.05, 0) is 49.3 Å². The van der Waals surface area contributed by atoms with E-state index in [4.69, 9.17) is 10.00 Å². The molecule has 4 heteroatoms. The molecule has 0 heterocycles. The Bertz CT molecular complexity index is 801. The van der Waals surface area contributed by atoms with E-state index >= 15 is 0 Å². The highest BCUT2D eigenvalue weighted by Gasteiger charge is 2.18. The summed E-state index contributed by atoms with van der Waals surface area (Å²) in [5, 5.41) is 8.74. The van der Waals surface area contributed by atoms with Crippen molar-refractivity contribution in [2.24, 2.45) is 11.8 Å². The van der Waals surface area contributed by atoms with Gasteiger partial charge in [0.25, 0.3) is 0 Å². The summed E-state index contributed by atoms with van der Waals surface area (Å²) in [6.45, 7) is 7.88. The van der Waals surface area contributed by atoms with Gasteiger partial charge < -0.3 is 4.74 Å². The summed E-state index contributed by atoms with van der Waals surface area (Å²) in [5.41, 5.74) is 1.47. The molecule has 0 radical (unpaired) electrons. The summed E-state index contributed by atoms with van der Waals surface area (Å²) in [4.78, 5) is 12.2. The fourth-order valence-corrected chi connectivity index (χ4v) is 3.32. The minimum Gasteiger partial charge on any atom is -0.423 e. The third-order valence-corrected chi connectivity index (χ3v) is 5.08. The van der Waals surface area contributed by atoms with Gasteiger partial charge in [0.1, 0.15) is 17.6 Å². The van der Waals surface area contributed by atoms with Gasteiger partial charge in [-0.3, -0.25) is 0 Å². The van der Waals surface area contributed by atoms with E-state index in [1.807, 2.05) is 12.2 Å². The Morgan fingerprint density at radius 1 is 1.30 bits per heavy atom. The summed E-state index contributed by atoms with van der Waals surface area (Å²) in [6, 6.07) is 5.47. The molecule has 1 aromatic rings. The first-order valence-electron chi connectivity index (χ1n) is 9.37. The number of carbonyl (C=O) groups is 1. The van der Waals surface area contributed by atoms with Crippen molar-refractivity contribution in [2.75, 3.05) is 0 Å². The third-order valence-electron chi connectivity index (χ3n) is 5.08. The minimum atomic E-state index is -0.708. The van der Waals surface area contributed by atoms with Crippen LogP contribution in [0.15, 0.2) is 54.2 Å². The lowest BCUT2D eigenvalue weighted by atomic mass is 9.90. The highest BCUT2D eigenvalue weighted by Crippen LogP contribution is 2.32. The van der Waals surface area contributed by atoms with Crippen LogP contribution in [-0.4, -0.2) is 5.97 Å². The lowest BCUT2D eigenvalue weighted by Crippen LogP contribution is -2.09. The van der Waals surface area contributed by atoms with E-state index in [1.165, 1.54) is 31.4 Å². The lowest BCUT2D eigenvalue weighted by molar-refractivity contribution is -0.130. The number of carbonyl (C=O) groups excluding carboxylic acids is 1. The summed E-state index contributed by atoms with van der Waals surface area (Å²) < 4.78 is 18.8. The quantitative estimate of drug-likeness (QED) is 0.215.